The number of piperazine rings is 1. The van der Waals surface area contributed by atoms with Gasteiger partial charge in [-0.15, -0.1) is 0 Å². The van der Waals surface area contributed by atoms with Gasteiger partial charge in [0, 0.05) is 55.7 Å². The van der Waals surface area contributed by atoms with Crippen LogP contribution in [0.1, 0.15) is 10.4 Å². The minimum atomic E-state index is -0.202. The summed E-state index contributed by atoms with van der Waals surface area (Å²) in [6, 6.07) is 11.8. The highest BCUT2D eigenvalue weighted by Gasteiger charge is 2.14. The highest BCUT2D eigenvalue weighted by molar-refractivity contribution is 5.95. The van der Waals surface area contributed by atoms with Crippen LogP contribution in [0.4, 0.5) is 5.69 Å². The Morgan fingerprint density at radius 3 is 2.56 bits per heavy atom. The largest absolute Gasteiger partial charge is 0.395 e. The first kappa shape index (κ1) is 17.4. The lowest BCUT2D eigenvalue weighted by molar-refractivity contribution is 0.0944. The van der Waals surface area contributed by atoms with E-state index in [4.69, 9.17) is 5.11 Å². The van der Waals surface area contributed by atoms with Gasteiger partial charge in [-0.1, -0.05) is 12.1 Å². The molecule has 1 aliphatic rings. The van der Waals surface area contributed by atoms with Crippen molar-refractivity contribution in [3.63, 3.8) is 0 Å². The number of pyridine rings is 1. The molecule has 2 N–H and O–H groups in total. The number of anilines is 1. The number of carbonyl (C=O) groups excluding carboxylic acids is 1. The monoisotopic (exact) mass is 340 g/mol. The van der Waals surface area contributed by atoms with Crippen LogP contribution in [-0.2, 0) is 0 Å². The zero-order valence-corrected chi connectivity index (χ0v) is 14.5. The summed E-state index contributed by atoms with van der Waals surface area (Å²) in [5, 5.41) is 11.5. The normalized spacial score (nSPS) is 15.2. The zero-order valence-electron chi connectivity index (χ0n) is 14.5. The fraction of sp³-hybridized carbons (Fsp3) is 0.368. The van der Waals surface area contributed by atoms with E-state index < -0.39 is 0 Å². The molecule has 1 aromatic carbocycles. The predicted octanol–water partition coefficient (Wildman–Crippen LogP) is 1.22. The molecule has 0 radical (unpaired) electrons. The number of aromatic nitrogens is 1. The maximum atomic E-state index is 12.0. The molecule has 0 atom stereocenters. The van der Waals surface area contributed by atoms with Crippen molar-refractivity contribution in [2.45, 2.75) is 0 Å². The summed E-state index contributed by atoms with van der Waals surface area (Å²) in [6.07, 6.45) is 1.64. The predicted molar refractivity (Wildman–Crippen MR) is 98.8 cm³/mol. The Balaban J connectivity index is 1.73. The summed E-state index contributed by atoms with van der Waals surface area (Å²) in [5.74, 6) is -0.202. The smallest absolute Gasteiger partial charge is 0.251 e. The lowest BCUT2D eigenvalue weighted by Gasteiger charge is -2.34. The van der Waals surface area contributed by atoms with Crippen molar-refractivity contribution < 1.29 is 9.90 Å². The van der Waals surface area contributed by atoms with Crippen LogP contribution in [0.3, 0.4) is 0 Å². The van der Waals surface area contributed by atoms with E-state index in [1.165, 1.54) is 5.69 Å². The fourth-order valence-corrected chi connectivity index (χ4v) is 2.91. The Morgan fingerprint density at radius 2 is 1.88 bits per heavy atom. The van der Waals surface area contributed by atoms with E-state index >= 15 is 0 Å². The first-order chi connectivity index (χ1) is 12.2. The van der Waals surface area contributed by atoms with E-state index in [1.807, 2.05) is 12.1 Å². The number of carbonyl (C=O) groups is 1. The van der Waals surface area contributed by atoms with Gasteiger partial charge in [-0.3, -0.25) is 9.78 Å². The highest BCUT2D eigenvalue weighted by Crippen LogP contribution is 2.23. The molecule has 132 valence electrons. The standard InChI is InChI=1S/C19H24N4O2/c1-22-9-11-23(12-10-22)17-4-2-15(3-5-17)18-14-16(6-7-20-18)19(25)21-8-13-24/h2-7,14,24H,8-13H2,1H3,(H,21,25). The number of aliphatic hydroxyl groups excluding tert-OH is 1. The molecule has 0 aliphatic carbocycles. The third-order valence-corrected chi connectivity index (χ3v) is 4.45. The summed E-state index contributed by atoms with van der Waals surface area (Å²) in [6.45, 7) is 4.40. The van der Waals surface area contributed by atoms with E-state index in [0.29, 0.717) is 5.56 Å². The van der Waals surface area contributed by atoms with Gasteiger partial charge in [0.15, 0.2) is 0 Å². The maximum Gasteiger partial charge on any atom is 0.251 e. The summed E-state index contributed by atoms with van der Waals surface area (Å²) in [5.41, 5.74) is 3.51. The van der Waals surface area contributed by atoms with Crippen LogP contribution >= 0.6 is 0 Å². The molecule has 0 spiro atoms. The maximum absolute atomic E-state index is 12.0. The molecule has 0 bridgehead atoms. The number of nitrogens with zero attached hydrogens (tertiary/aromatic N) is 3. The average molecular weight is 340 g/mol. The number of likely N-dealkylation sites (N-methyl/N-ethyl adjacent to an activating group) is 1. The molecule has 25 heavy (non-hydrogen) atoms. The van der Waals surface area contributed by atoms with Gasteiger partial charge in [-0.2, -0.15) is 0 Å². The number of hydrogen-bond acceptors (Lipinski definition) is 5. The van der Waals surface area contributed by atoms with Gasteiger partial charge in [0.05, 0.1) is 12.3 Å². The molecule has 1 amide bonds. The van der Waals surface area contributed by atoms with Crippen LogP contribution < -0.4 is 10.2 Å². The SMILES string of the molecule is CN1CCN(c2ccc(-c3cc(C(=O)NCCO)ccn3)cc2)CC1. The lowest BCUT2D eigenvalue weighted by Crippen LogP contribution is -2.44. The Morgan fingerprint density at radius 1 is 1.16 bits per heavy atom. The molecule has 1 aliphatic heterocycles. The van der Waals surface area contributed by atoms with E-state index in [0.717, 1.165) is 37.4 Å². The summed E-state index contributed by atoms with van der Waals surface area (Å²) >= 11 is 0. The van der Waals surface area contributed by atoms with Crippen molar-refractivity contribution in [3.8, 4) is 11.3 Å². The average Bonchev–Trinajstić information content (AvgIpc) is 2.67. The van der Waals surface area contributed by atoms with Crippen LogP contribution in [0.25, 0.3) is 11.3 Å². The van der Waals surface area contributed by atoms with E-state index in [9.17, 15) is 4.79 Å². The van der Waals surface area contributed by atoms with Crippen molar-refractivity contribution in [2.75, 3.05) is 51.3 Å². The number of hydrogen-bond donors (Lipinski definition) is 2. The second-order valence-corrected chi connectivity index (χ2v) is 6.25. The topological polar surface area (TPSA) is 68.7 Å². The Labute approximate surface area is 148 Å². The molecule has 0 unspecified atom stereocenters. The van der Waals surface area contributed by atoms with E-state index in [2.05, 4.69) is 39.3 Å². The third-order valence-electron chi connectivity index (χ3n) is 4.45. The van der Waals surface area contributed by atoms with Gasteiger partial charge in [-0.25, -0.2) is 0 Å². The molecule has 2 aromatic rings. The Kier molecular flexibility index (Phi) is 5.63. The molecule has 3 rings (SSSR count). The van der Waals surface area contributed by atoms with Gasteiger partial charge in [0.25, 0.3) is 5.91 Å². The molecule has 0 saturated carbocycles. The third kappa shape index (κ3) is 4.35. The Bertz CT molecular complexity index is 710. The van der Waals surface area contributed by atoms with Gasteiger partial charge in [0.2, 0.25) is 0 Å². The Hall–Kier alpha value is -2.44. The number of aliphatic hydroxyl groups is 1. The number of rotatable bonds is 5. The number of benzene rings is 1. The highest BCUT2D eigenvalue weighted by atomic mass is 16.3. The van der Waals surface area contributed by atoms with Crippen molar-refractivity contribution in [2.24, 2.45) is 0 Å². The molecular weight excluding hydrogens is 316 g/mol. The number of amides is 1. The molecule has 1 aromatic heterocycles. The molecule has 1 saturated heterocycles. The van der Waals surface area contributed by atoms with Crippen molar-refractivity contribution in [1.29, 1.82) is 0 Å². The second kappa shape index (κ2) is 8.09. The van der Waals surface area contributed by atoms with Gasteiger partial charge < -0.3 is 20.2 Å². The summed E-state index contributed by atoms with van der Waals surface area (Å²) < 4.78 is 0. The van der Waals surface area contributed by atoms with E-state index in [-0.39, 0.29) is 19.1 Å². The fourth-order valence-electron chi connectivity index (χ4n) is 2.91. The van der Waals surface area contributed by atoms with Gasteiger partial charge in [0.1, 0.15) is 0 Å². The molecule has 1 fully saturated rings. The van der Waals surface area contributed by atoms with Gasteiger partial charge >= 0.3 is 0 Å². The minimum absolute atomic E-state index is 0.0720. The quantitative estimate of drug-likeness (QED) is 0.857. The van der Waals surface area contributed by atoms with Crippen LogP contribution in [0.2, 0.25) is 0 Å². The van der Waals surface area contributed by atoms with Crippen molar-refractivity contribution in [1.82, 2.24) is 15.2 Å². The van der Waals surface area contributed by atoms with Gasteiger partial charge in [-0.05, 0) is 31.3 Å². The van der Waals surface area contributed by atoms with Crippen molar-refractivity contribution in [3.05, 3.63) is 48.2 Å². The van der Waals surface area contributed by atoms with Crippen LogP contribution in [0.15, 0.2) is 42.6 Å². The first-order valence-corrected chi connectivity index (χ1v) is 8.56. The molecular formula is C19H24N4O2. The summed E-state index contributed by atoms with van der Waals surface area (Å²) in [4.78, 5) is 21.1. The minimum Gasteiger partial charge on any atom is -0.395 e. The number of nitrogens with one attached hydrogen (secondary N) is 1. The van der Waals surface area contributed by atoms with E-state index in [1.54, 1.807) is 18.3 Å². The van der Waals surface area contributed by atoms with Crippen molar-refractivity contribution >= 4 is 11.6 Å². The lowest BCUT2D eigenvalue weighted by atomic mass is 10.1. The van der Waals surface area contributed by atoms with Crippen LogP contribution in [0.5, 0.6) is 0 Å². The second-order valence-electron chi connectivity index (χ2n) is 6.25. The molecule has 2 heterocycles. The summed E-state index contributed by atoms with van der Waals surface area (Å²) in [7, 11) is 2.15. The molecule has 6 heteroatoms. The molecule has 6 nitrogen and oxygen atoms in total. The first-order valence-electron chi connectivity index (χ1n) is 8.56. The zero-order chi connectivity index (χ0) is 17.6. The van der Waals surface area contributed by atoms with Crippen LogP contribution in [-0.4, -0.2) is 67.3 Å². The van der Waals surface area contributed by atoms with Crippen LogP contribution in [0, 0.1) is 0 Å².